The van der Waals surface area contributed by atoms with Gasteiger partial charge in [-0.2, -0.15) is 0 Å². The summed E-state index contributed by atoms with van der Waals surface area (Å²) in [5.41, 5.74) is 1.69. The number of nitrogens with zero attached hydrogens (tertiary/aromatic N) is 1. The second-order valence-corrected chi connectivity index (χ2v) is 4.29. The van der Waals surface area contributed by atoms with Gasteiger partial charge >= 0.3 is 0 Å². The minimum absolute atomic E-state index is 0.110. The molecule has 1 heterocycles. The van der Waals surface area contributed by atoms with Crippen molar-refractivity contribution in [1.82, 2.24) is 4.90 Å². The van der Waals surface area contributed by atoms with E-state index in [4.69, 9.17) is 0 Å². The molecule has 0 saturated carbocycles. The normalized spacial score (nSPS) is 13.9. The van der Waals surface area contributed by atoms with E-state index in [1.165, 1.54) is 0 Å². The fourth-order valence-electron chi connectivity index (χ4n) is 1.99. The number of rotatable bonds is 4. The van der Waals surface area contributed by atoms with Crippen molar-refractivity contribution in [2.75, 3.05) is 6.54 Å². The molecule has 0 bridgehead atoms. The fourth-order valence-corrected chi connectivity index (χ4v) is 1.99. The number of carbonyl (C=O) groups is 3. The molecule has 0 N–H and O–H groups in total. The molecule has 0 saturated heterocycles. The Bertz CT molecular complexity index is 536. The molecule has 1 aliphatic heterocycles. The molecule has 0 radical (unpaired) electrons. The van der Waals surface area contributed by atoms with Crippen LogP contribution in [0.1, 0.15) is 39.1 Å². The number of amides is 2. The average Bonchev–Trinajstić information content (AvgIpc) is 2.53. The lowest BCUT2D eigenvalue weighted by molar-refractivity contribution is -0.305. The highest BCUT2D eigenvalue weighted by Gasteiger charge is 2.34. The van der Waals surface area contributed by atoms with Crippen LogP contribution in [0.5, 0.6) is 0 Å². The van der Waals surface area contributed by atoms with E-state index < -0.39 is 5.97 Å². The number of carboxylic acids is 1. The minimum Gasteiger partial charge on any atom is -0.550 e. The quantitative estimate of drug-likeness (QED) is 0.707. The molecule has 2 rings (SSSR count). The van der Waals surface area contributed by atoms with Crippen LogP contribution in [-0.2, 0) is 4.79 Å². The summed E-state index contributed by atoms with van der Waals surface area (Å²) in [5.74, 6) is -1.88. The molecule has 5 nitrogen and oxygen atoms in total. The van der Waals surface area contributed by atoms with Gasteiger partial charge in [-0.05, 0) is 31.9 Å². The van der Waals surface area contributed by atoms with Crippen LogP contribution in [0.4, 0.5) is 0 Å². The van der Waals surface area contributed by atoms with Crippen molar-refractivity contribution in [2.45, 2.75) is 19.8 Å². The summed E-state index contributed by atoms with van der Waals surface area (Å²) in [6, 6.07) is 5.08. The maximum absolute atomic E-state index is 12.0. The second kappa shape index (κ2) is 4.60. The Morgan fingerprint density at radius 3 is 2.56 bits per heavy atom. The van der Waals surface area contributed by atoms with E-state index in [2.05, 4.69) is 0 Å². The van der Waals surface area contributed by atoms with Crippen molar-refractivity contribution in [1.29, 1.82) is 0 Å². The first-order valence-corrected chi connectivity index (χ1v) is 5.67. The van der Waals surface area contributed by atoms with Crippen molar-refractivity contribution in [2.24, 2.45) is 0 Å². The zero-order chi connectivity index (χ0) is 13.3. The third-order valence-corrected chi connectivity index (χ3v) is 2.89. The van der Waals surface area contributed by atoms with Crippen LogP contribution in [0.25, 0.3) is 0 Å². The number of aryl methyl sites for hydroxylation is 1. The molecule has 1 aromatic carbocycles. The van der Waals surface area contributed by atoms with Gasteiger partial charge in [0.15, 0.2) is 0 Å². The van der Waals surface area contributed by atoms with Gasteiger partial charge in [0.2, 0.25) is 0 Å². The molecule has 0 unspecified atom stereocenters. The van der Waals surface area contributed by atoms with Crippen LogP contribution in [0.15, 0.2) is 18.2 Å². The first-order chi connectivity index (χ1) is 8.50. The van der Waals surface area contributed by atoms with Crippen LogP contribution in [0.3, 0.4) is 0 Å². The molecule has 0 aromatic heterocycles. The van der Waals surface area contributed by atoms with Gasteiger partial charge in [-0.1, -0.05) is 11.6 Å². The number of carbonyl (C=O) groups excluding carboxylic acids is 3. The number of imide groups is 1. The third kappa shape index (κ3) is 2.11. The zero-order valence-electron chi connectivity index (χ0n) is 9.93. The highest BCUT2D eigenvalue weighted by Crippen LogP contribution is 2.23. The molecule has 2 amide bonds. The number of carboxylic acid groups (broad SMARTS) is 1. The Morgan fingerprint density at radius 1 is 1.22 bits per heavy atom. The summed E-state index contributed by atoms with van der Waals surface area (Å²) in [5, 5.41) is 10.3. The Hall–Kier alpha value is -2.17. The van der Waals surface area contributed by atoms with Crippen LogP contribution in [0, 0.1) is 6.92 Å². The molecule has 0 atom stereocenters. The van der Waals surface area contributed by atoms with Crippen molar-refractivity contribution in [3.8, 4) is 0 Å². The molecule has 18 heavy (non-hydrogen) atoms. The highest BCUT2D eigenvalue weighted by atomic mass is 16.4. The fraction of sp³-hybridized carbons (Fsp3) is 0.308. The maximum atomic E-state index is 12.0. The molecule has 5 heteroatoms. The van der Waals surface area contributed by atoms with Crippen molar-refractivity contribution < 1.29 is 19.5 Å². The van der Waals surface area contributed by atoms with Crippen LogP contribution >= 0.6 is 0 Å². The topological polar surface area (TPSA) is 77.5 Å². The lowest BCUT2D eigenvalue weighted by Gasteiger charge is -2.13. The van der Waals surface area contributed by atoms with Gasteiger partial charge in [0.25, 0.3) is 11.8 Å². The van der Waals surface area contributed by atoms with Gasteiger partial charge in [-0.3, -0.25) is 14.5 Å². The number of hydrogen-bond donors (Lipinski definition) is 0. The maximum Gasteiger partial charge on any atom is 0.261 e. The minimum atomic E-state index is -1.18. The van der Waals surface area contributed by atoms with Crippen LogP contribution < -0.4 is 5.11 Å². The van der Waals surface area contributed by atoms with E-state index in [1.807, 2.05) is 6.92 Å². The van der Waals surface area contributed by atoms with Crippen LogP contribution in [-0.4, -0.2) is 29.2 Å². The SMILES string of the molecule is Cc1ccc2c(c1)C(=O)N(CCCC(=O)[O-])C2=O. The van der Waals surface area contributed by atoms with Gasteiger partial charge < -0.3 is 9.90 Å². The summed E-state index contributed by atoms with van der Waals surface area (Å²) in [7, 11) is 0. The highest BCUT2D eigenvalue weighted by molar-refractivity contribution is 6.21. The van der Waals surface area contributed by atoms with E-state index in [1.54, 1.807) is 18.2 Å². The van der Waals surface area contributed by atoms with Crippen LogP contribution in [0.2, 0.25) is 0 Å². The summed E-state index contributed by atoms with van der Waals surface area (Å²) < 4.78 is 0. The largest absolute Gasteiger partial charge is 0.550 e. The van der Waals surface area contributed by atoms with Crippen molar-refractivity contribution in [3.63, 3.8) is 0 Å². The second-order valence-electron chi connectivity index (χ2n) is 4.29. The lowest BCUT2D eigenvalue weighted by atomic mass is 10.1. The monoisotopic (exact) mass is 246 g/mol. The van der Waals surface area contributed by atoms with E-state index >= 15 is 0 Å². The number of fused-ring (bicyclic) bond motifs is 1. The summed E-state index contributed by atoms with van der Waals surface area (Å²) in [6.45, 7) is 1.95. The van der Waals surface area contributed by atoms with E-state index in [0.29, 0.717) is 11.1 Å². The van der Waals surface area contributed by atoms with E-state index in [0.717, 1.165) is 10.5 Å². The Morgan fingerprint density at radius 2 is 1.89 bits per heavy atom. The van der Waals surface area contributed by atoms with Gasteiger partial charge in [0.05, 0.1) is 11.1 Å². The average molecular weight is 246 g/mol. The van der Waals surface area contributed by atoms with E-state index in [9.17, 15) is 19.5 Å². The molecule has 0 aliphatic carbocycles. The van der Waals surface area contributed by atoms with E-state index in [-0.39, 0.29) is 31.2 Å². The summed E-state index contributed by atoms with van der Waals surface area (Å²) in [4.78, 5) is 35.3. The first-order valence-electron chi connectivity index (χ1n) is 5.67. The van der Waals surface area contributed by atoms with Crippen molar-refractivity contribution >= 4 is 17.8 Å². The molecular weight excluding hydrogens is 234 g/mol. The van der Waals surface area contributed by atoms with Gasteiger partial charge in [0.1, 0.15) is 0 Å². The summed E-state index contributed by atoms with van der Waals surface area (Å²) >= 11 is 0. The number of hydrogen-bond acceptors (Lipinski definition) is 4. The molecule has 0 fully saturated rings. The van der Waals surface area contributed by atoms with Gasteiger partial charge in [0, 0.05) is 12.5 Å². The summed E-state index contributed by atoms with van der Waals surface area (Å²) in [6.07, 6.45) is 0.0548. The Balaban J connectivity index is 2.15. The molecule has 94 valence electrons. The third-order valence-electron chi connectivity index (χ3n) is 2.89. The molecule has 0 spiro atoms. The number of aliphatic carboxylic acids is 1. The number of benzene rings is 1. The molecule has 1 aliphatic rings. The Kier molecular flexibility index (Phi) is 3.14. The lowest BCUT2D eigenvalue weighted by Crippen LogP contribution is -2.32. The first kappa shape index (κ1) is 12.3. The molecular formula is C13H12NO4-. The molecule has 1 aromatic rings. The van der Waals surface area contributed by atoms with Gasteiger partial charge in [-0.25, -0.2) is 0 Å². The smallest absolute Gasteiger partial charge is 0.261 e. The van der Waals surface area contributed by atoms with Crippen molar-refractivity contribution in [3.05, 3.63) is 34.9 Å². The van der Waals surface area contributed by atoms with Gasteiger partial charge in [-0.15, -0.1) is 0 Å². The zero-order valence-corrected chi connectivity index (χ0v) is 9.93. The predicted molar refractivity (Wildman–Crippen MR) is 60.8 cm³/mol. The predicted octanol–water partition coefficient (Wildman–Crippen LogP) is 0.121. The Labute approximate surface area is 104 Å². The standard InChI is InChI=1S/C13H13NO4/c1-8-4-5-9-10(7-8)13(18)14(12(9)17)6-2-3-11(15)16/h4-5,7H,2-3,6H2,1H3,(H,15,16)/p-1.